The molecular formula is C9H7N5OS. The highest BCUT2D eigenvalue weighted by molar-refractivity contribution is 7.13. The monoisotopic (exact) mass is 233 g/mol. The molecule has 80 valence electrons. The Bertz CT molecular complexity index is 696. The Labute approximate surface area is 93.4 Å². The number of hydrogen-bond donors (Lipinski definition) is 2. The molecule has 0 saturated heterocycles. The molecule has 0 amide bonds. The van der Waals surface area contributed by atoms with E-state index in [1.807, 2.05) is 17.5 Å². The molecule has 0 aliphatic rings. The second-order valence-corrected chi connectivity index (χ2v) is 4.15. The molecule has 0 atom stereocenters. The minimum absolute atomic E-state index is 0.116. The minimum Gasteiger partial charge on any atom is -0.368 e. The van der Waals surface area contributed by atoms with Crippen LogP contribution in [-0.4, -0.2) is 19.6 Å². The number of nitrogens with two attached hydrogens (primary N) is 1. The number of fused-ring (bicyclic) bond motifs is 1. The van der Waals surface area contributed by atoms with Gasteiger partial charge in [0.1, 0.15) is 0 Å². The number of aromatic nitrogens is 4. The predicted molar refractivity (Wildman–Crippen MR) is 61.3 cm³/mol. The summed E-state index contributed by atoms with van der Waals surface area (Å²) in [5.74, 6) is 0.471. The summed E-state index contributed by atoms with van der Waals surface area (Å²) in [6.07, 6.45) is 0. The standard InChI is InChI=1S/C9H7N5OS/c10-8-12-13-9-11-5(4-7(15)14(8)9)6-2-1-3-16-6/h1-4H,(H2,10,12)(H,11,13). The average molecular weight is 233 g/mol. The lowest BCUT2D eigenvalue weighted by atomic mass is 10.3. The van der Waals surface area contributed by atoms with Crippen LogP contribution in [0.5, 0.6) is 0 Å². The van der Waals surface area contributed by atoms with Crippen LogP contribution in [0.3, 0.4) is 0 Å². The number of nitrogen functional groups attached to an aromatic ring is 1. The average Bonchev–Trinajstić information content (AvgIpc) is 2.87. The van der Waals surface area contributed by atoms with Crippen molar-refractivity contribution in [2.75, 3.05) is 5.73 Å². The molecule has 3 aromatic heterocycles. The molecule has 7 heteroatoms. The molecule has 0 bridgehead atoms. The summed E-state index contributed by atoms with van der Waals surface area (Å²) in [4.78, 5) is 17.0. The summed E-state index contributed by atoms with van der Waals surface area (Å²) >= 11 is 1.52. The van der Waals surface area contributed by atoms with Gasteiger partial charge in [-0.15, -0.1) is 16.4 Å². The van der Waals surface area contributed by atoms with E-state index in [0.717, 1.165) is 4.88 Å². The van der Waals surface area contributed by atoms with Crippen molar-refractivity contribution in [2.45, 2.75) is 0 Å². The van der Waals surface area contributed by atoms with Gasteiger partial charge in [0.05, 0.1) is 10.6 Å². The maximum Gasteiger partial charge on any atom is 0.262 e. The van der Waals surface area contributed by atoms with E-state index >= 15 is 0 Å². The summed E-state index contributed by atoms with van der Waals surface area (Å²) in [5.41, 5.74) is 5.92. The van der Waals surface area contributed by atoms with Gasteiger partial charge < -0.3 is 5.73 Å². The van der Waals surface area contributed by atoms with Gasteiger partial charge in [-0.05, 0) is 11.4 Å². The van der Waals surface area contributed by atoms with Gasteiger partial charge >= 0.3 is 0 Å². The van der Waals surface area contributed by atoms with Gasteiger partial charge in [0.25, 0.3) is 5.56 Å². The van der Waals surface area contributed by atoms with Crippen molar-refractivity contribution >= 4 is 23.1 Å². The number of thiophene rings is 1. The fourth-order valence-electron chi connectivity index (χ4n) is 1.49. The Hall–Kier alpha value is -2.15. The first-order valence-corrected chi connectivity index (χ1v) is 5.41. The van der Waals surface area contributed by atoms with E-state index in [1.165, 1.54) is 21.8 Å². The number of nitrogens with one attached hydrogen (secondary N) is 1. The van der Waals surface area contributed by atoms with E-state index in [0.29, 0.717) is 11.5 Å². The first kappa shape index (κ1) is 9.10. The number of aromatic amines is 1. The summed E-state index contributed by atoms with van der Waals surface area (Å²) < 4.78 is 1.23. The fraction of sp³-hybridized carbons (Fsp3) is 0. The molecule has 3 rings (SSSR count). The van der Waals surface area contributed by atoms with Crippen molar-refractivity contribution < 1.29 is 0 Å². The minimum atomic E-state index is -0.236. The molecule has 0 unspecified atom stereocenters. The molecular weight excluding hydrogens is 226 g/mol. The van der Waals surface area contributed by atoms with Crippen LogP contribution in [0.2, 0.25) is 0 Å². The summed E-state index contributed by atoms with van der Waals surface area (Å²) in [6.45, 7) is 0. The lowest BCUT2D eigenvalue weighted by Crippen LogP contribution is -2.15. The third kappa shape index (κ3) is 1.22. The molecule has 3 heterocycles. The van der Waals surface area contributed by atoms with Crippen LogP contribution in [0.25, 0.3) is 16.3 Å². The van der Waals surface area contributed by atoms with Gasteiger partial charge in [0.2, 0.25) is 11.7 Å². The molecule has 6 nitrogen and oxygen atoms in total. The molecule has 16 heavy (non-hydrogen) atoms. The molecule has 0 aliphatic heterocycles. The molecule has 0 radical (unpaired) electrons. The quantitative estimate of drug-likeness (QED) is 0.648. The van der Waals surface area contributed by atoms with Crippen LogP contribution in [0.4, 0.5) is 5.95 Å². The molecule has 0 saturated carbocycles. The molecule has 0 spiro atoms. The third-order valence-electron chi connectivity index (χ3n) is 2.19. The van der Waals surface area contributed by atoms with Crippen LogP contribution < -0.4 is 11.3 Å². The van der Waals surface area contributed by atoms with Crippen LogP contribution in [0.15, 0.2) is 28.4 Å². The first-order valence-electron chi connectivity index (χ1n) is 4.53. The topological polar surface area (TPSA) is 89.1 Å². The maximum absolute atomic E-state index is 11.8. The van der Waals surface area contributed by atoms with E-state index in [1.54, 1.807) is 0 Å². The number of rotatable bonds is 1. The van der Waals surface area contributed by atoms with Gasteiger partial charge in [0.15, 0.2) is 0 Å². The Kier molecular flexibility index (Phi) is 1.80. The normalized spacial score (nSPS) is 11.0. The second-order valence-electron chi connectivity index (χ2n) is 3.20. The van der Waals surface area contributed by atoms with Crippen molar-refractivity contribution in [1.29, 1.82) is 0 Å². The van der Waals surface area contributed by atoms with E-state index in [9.17, 15) is 4.79 Å². The predicted octanol–water partition coefficient (Wildman–Crippen LogP) is 0.728. The summed E-state index contributed by atoms with van der Waals surface area (Å²) in [6, 6.07) is 5.26. The zero-order valence-corrected chi connectivity index (χ0v) is 8.86. The molecule has 0 aliphatic carbocycles. The Morgan fingerprint density at radius 3 is 3.12 bits per heavy atom. The lowest BCUT2D eigenvalue weighted by molar-refractivity contribution is 1.07. The number of nitrogens with zero attached hydrogens (tertiary/aromatic N) is 3. The highest BCUT2D eigenvalue weighted by Gasteiger charge is 2.09. The van der Waals surface area contributed by atoms with Crippen molar-refractivity contribution in [3.63, 3.8) is 0 Å². The van der Waals surface area contributed by atoms with Crippen molar-refractivity contribution in [2.24, 2.45) is 0 Å². The van der Waals surface area contributed by atoms with Crippen LogP contribution in [-0.2, 0) is 0 Å². The molecule has 0 aromatic carbocycles. The highest BCUT2D eigenvalue weighted by Crippen LogP contribution is 2.21. The second kappa shape index (κ2) is 3.17. The van der Waals surface area contributed by atoms with E-state index in [2.05, 4.69) is 15.2 Å². The van der Waals surface area contributed by atoms with E-state index < -0.39 is 0 Å². The molecule has 3 aromatic rings. The van der Waals surface area contributed by atoms with Gasteiger partial charge in [0, 0.05) is 6.07 Å². The third-order valence-corrected chi connectivity index (χ3v) is 3.08. The summed E-state index contributed by atoms with van der Waals surface area (Å²) in [7, 11) is 0. The van der Waals surface area contributed by atoms with Crippen molar-refractivity contribution in [3.05, 3.63) is 33.9 Å². The Morgan fingerprint density at radius 2 is 2.38 bits per heavy atom. The van der Waals surface area contributed by atoms with Crippen molar-refractivity contribution in [3.8, 4) is 10.6 Å². The molecule has 3 N–H and O–H groups in total. The van der Waals surface area contributed by atoms with Gasteiger partial charge in [-0.1, -0.05) is 6.07 Å². The largest absolute Gasteiger partial charge is 0.368 e. The molecule has 0 fully saturated rings. The van der Waals surface area contributed by atoms with Gasteiger partial charge in [-0.3, -0.25) is 4.79 Å². The zero-order valence-electron chi connectivity index (χ0n) is 8.04. The fourth-order valence-corrected chi connectivity index (χ4v) is 2.17. The highest BCUT2D eigenvalue weighted by atomic mass is 32.1. The van der Waals surface area contributed by atoms with Crippen LogP contribution >= 0.6 is 11.3 Å². The maximum atomic E-state index is 11.8. The van der Waals surface area contributed by atoms with Crippen LogP contribution in [0, 0.1) is 0 Å². The van der Waals surface area contributed by atoms with Gasteiger partial charge in [-0.2, -0.15) is 0 Å². The van der Waals surface area contributed by atoms with E-state index in [-0.39, 0.29) is 11.5 Å². The smallest absolute Gasteiger partial charge is 0.262 e. The van der Waals surface area contributed by atoms with Crippen LogP contribution in [0.1, 0.15) is 0 Å². The number of anilines is 1. The lowest BCUT2D eigenvalue weighted by Gasteiger charge is -1.97. The first-order chi connectivity index (χ1) is 7.75. The Morgan fingerprint density at radius 1 is 1.50 bits per heavy atom. The summed E-state index contributed by atoms with van der Waals surface area (Å²) in [5, 5.41) is 8.28. The van der Waals surface area contributed by atoms with E-state index in [4.69, 9.17) is 5.73 Å². The number of hydrogen-bond acceptors (Lipinski definition) is 5. The van der Waals surface area contributed by atoms with Gasteiger partial charge in [-0.25, -0.2) is 14.5 Å². The van der Waals surface area contributed by atoms with Crippen molar-refractivity contribution in [1.82, 2.24) is 19.6 Å². The SMILES string of the molecule is Nc1n[nH]c2nc(-c3cccs3)cc(=O)n12. The zero-order chi connectivity index (χ0) is 11.1. The Balaban J connectivity index is 2.34. The number of H-pyrrole nitrogens is 1.